The average Bonchev–Trinajstić information content (AvgIpc) is 2.81. The molecule has 0 spiro atoms. The lowest BCUT2D eigenvalue weighted by atomic mass is 9.98. The maximum Gasteiger partial charge on any atom is 0.341 e. The number of ether oxygens (including phenoxy) is 1. The van der Waals surface area contributed by atoms with Crippen molar-refractivity contribution in [1.82, 2.24) is 4.90 Å². The van der Waals surface area contributed by atoms with Crippen LogP contribution in [0.15, 0.2) is 0 Å². The number of rotatable bonds is 3. The van der Waals surface area contributed by atoms with E-state index >= 15 is 0 Å². The molecule has 1 aromatic heterocycles. The summed E-state index contributed by atoms with van der Waals surface area (Å²) in [5, 5.41) is 4.84. The van der Waals surface area contributed by atoms with Crippen molar-refractivity contribution >= 4 is 39.6 Å². The first-order valence-electron chi connectivity index (χ1n) is 8.20. The number of carbonyl (C=O) groups excluding carboxylic acids is 1. The Kier molecular flexibility index (Phi) is 6.03. The van der Waals surface area contributed by atoms with E-state index in [9.17, 15) is 4.79 Å². The predicted octanol–water partition coefficient (Wildman–Crippen LogP) is 4.37. The molecule has 6 heteroatoms. The van der Waals surface area contributed by atoms with Crippen LogP contribution in [-0.4, -0.2) is 35.2 Å². The fourth-order valence-corrected chi connectivity index (χ4v) is 5.05. The summed E-state index contributed by atoms with van der Waals surface area (Å²) in [5.41, 5.74) is 1.68. The number of piperidine rings is 1. The van der Waals surface area contributed by atoms with Gasteiger partial charge in [0, 0.05) is 17.0 Å². The first-order chi connectivity index (χ1) is 10.9. The molecule has 0 aromatic carbocycles. The summed E-state index contributed by atoms with van der Waals surface area (Å²) in [6.07, 6.45) is 4.35. The molecule has 0 bridgehead atoms. The Morgan fingerprint density at radius 3 is 2.52 bits per heavy atom. The van der Waals surface area contributed by atoms with Crippen molar-refractivity contribution in [3.05, 3.63) is 16.0 Å². The van der Waals surface area contributed by atoms with E-state index in [1.165, 1.54) is 13.5 Å². The Hall–Kier alpha value is -1.14. The van der Waals surface area contributed by atoms with Gasteiger partial charge in [-0.25, -0.2) is 4.79 Å². The fraction of sp³-hybridized carbons (Fsp3) is 0.647. The van der Waals surface area contributed by atoms with Gasteiger partial charge in [0.1, 0.15) is 5.00 Å². The number of thiocarbonyl (C=S) groups is 1. The minimum Gasteiger partial charge on any atom is -0.465 e. The Morgan fingerprint density at radius 1 is 1.39 bits per heavy atom. The molecule has 1 aliphatic heterocycles. The second-order valence-electron chi connectivity index (χ2n) is 6.15. The molecule has 2 atom stereocenters. The van der Waals surface area contributed by atoms with Crippen LogP contribution in [0.2, 0.25) is 0 Å². The molecule has 0 aliphatic carbocycles. The molecule has 1 N–H and O–H groups in total. The lowest BCUT2D eigenvalue weighted by Gasteiger charge is -2.40. The minimum atomic E-state index is -0.295. The zero-order chi connectivity index (χ0) is 17.1. The highest BCUT2D eigenvalue weighted by Crippen LogP contribution is 2.35. The molecule has 0 radical (unpaired) electrons. The number of aryl methyl sites for hydroxylation is 1. The quantitative estimate of drug-likeness (QED) is 0.645. The molecule has 4 nitrogen and oxygen atoms in total. The standard InChI is InChI=1S/C17H26N2O2S2/c1-6-13-12(4)23-15(14(13)16(20)21-5)18-17(22)19-10(2)8-7-9-11(19)3/h10-11H,6-9H2,1-5H3,(H,18,22). The Labute approximate surface area is 148 Å². The van der Waals surface area contributed by atoms with Gasteiger partial charge in [-0.15, -0.1) is 11.3 Å². The van der Waals surface area contributed by atoms with Crippen LogP contribution in [0.4, 0.5) is 5.00 Å². The SMILES string of the molecule is CCc1c(C)sc(NC(=S)N2C(C)CCCC2C)c1C(=O)OC. The third-order valence-electron chi connectivity index (χ3n) is 4.60. The van der Waals surface area contributed by atoms with E-state index in [1.807, 2.05) is 6.92 Å². The highest BCUT2D eigenvalue weighted by molar-refractivity contribution is 7.80. The van der Waals surface area contributed by atoms with Crippen LogP contribution >= 0.6 is 23.6 Å². The monoisotopic (exact) mass is 354 g/mol. The van der Waals surface area contributed by atoms with Crippen LogP contribution in [0.25, 0.3) is 0 Å². The molecule has 1 aliphatic rings. The molecule has 1 aromatic rings. The number of likely N-dealkylation sites (tertiary alicyclic amines) is 1. The number of nitrogens with one attached hydrogen (secondary N) is 1. The van der Waals surface area contributed by atoms with Gasteiger partial charge in [0.25, 0.3) is 0 Å². The Morgan fingerprint density at radius 2 is 2.00 bits per heavy atom. The van der Waals surface area contributed by atoms with Gasteiger partial charge in [-0.3, -0.25) is 0 Å². The molecular weight excluding hydrogens is 328 g/mol. The van der Waals surface area contributed by atoms with Crippen molar-refractivity contribution in [2.24, 2.45) is 0 Å². The van der Waals surface area contributed by atoms with Crippen molar-refractivity contribution in [3.63, 3.8) is 0 Å². The lowest BCUT2D eigenvalue weighted by molar-refractivity contribution is 0.0601. The zero-order valence-corrected chi connectivity index (χ0v) is 16.2. The normalized spacial score (nSPS) is 21.2. The van der Waals surface area contributed by atoms with Gasteiger partial charge in [0.2, 0.25) is 0 Å². The topological polar surface area (TPSA) is 41.6 Å². The van der Waals surface area contributed by atoms with E-state index in [0.29, 0.717) is 22.8 Å². The average molecular weight is 355 g/mol. The van der Waals surface area contributed by atoms with Crippen LogP contribution in [0.5, 0.6) is 0 Å². The number of hydrogen-bond donors (Lipinski definition) is 1. The molecule has 0 saturated carbocycles. The van der Waals surface area contributed by atoms with Crippen LogP contribution in [0, 0.1) is 6.92 Å². The summed E-state index contributed by atoms with van der Waals surface area (Å²) in [6.45, 7) is 8.51. The molecule has 1 saturated heterocycles. The molecule has 2 heterocycles. The van der Waals surface area contributed by atoms with E-state index in [-0.39, 0.29) is 5.97 Å². The number of nitrogens with zero attached hydrogens (tertiary/aromatic N) is 1. The Bertz CT molecular complexity index is 588. The summed E-state index contributed by atoms with van der Waals surface area (Å²) in [5.74, 6) is -0.295. The van der Waals surface area contributed by atoms with Crippen LogP contribution in [-0.2, 0) is 11.2 Å². The van der Waals surface area contributed by atoms with Crippen LogP contribution in [0.1, 0.15) is 60.8 Å². The molecule has 128 valence electrons. The van der Waals surface area contributed by atoms with Crippen molar-refractivity contribution in [2.45, 2.75) is 65.5 Å². The van der Waals surface area contributed by atoms with Gasteiger partial charge < -0.3 is 15.0 Å². The predicted molar refractivity (Wildman–Crippen MR) is 101 cm³/mol. The zero-order valence-electron chi connectivity index (χ0n) is 14.6. The van der Waals surface area contributed by atoms with Gasteiger partial charge in [-0.2, -0.15) is 0 Å². The van der Waals surface area contributed by atoms with Crippen molar-refractivity contribution in [3.8, 4) is 0 Å². The Balaban J connectivity index is 2.29. The summed E-state index contributed by atoms with van der Waals surface area (Å²) >= 11 is 7.23. The van der Waals surface area contributed by atoms with Crippen molar-refractivity contribution in [2.75, 3.05) is 12.4 Å². The first-order valence-corrected chi connectivity index (χ1v) is 9.43. The van der Waals surface area contributed by atoms with E-state index in [1.54, 1.807) is 11.3 Å². The maximum atomic E-state index is 12.2. The lowest BCUT2D eigenvalue weighted by Crippen LogP contribution is -2.49. The van der Waals surface area contributed by atoms with E-state index < -0.39 is 0 Å². The second kappa shape index (κ2) is 7.62. The van der Waals surface area contributed by atoms with Gasteiger partial charge >= 0.3 is 5.97 Å². The molecule has 23 heavy (non-hydrogen) atoms. The summed E-state index contributed by atoms with van der Waals surface area (Å²) < 4.78 is 4.97. The van der Waals surface area contributed by atoms with Crippen molar-refractivity contribution < 1.29 is 9.53 Å². The van der Waals surface area contributed by atoms with Gasteiger partial charge in [0.05, 0.1) is 12.7 Å². The first kappa shape index (κ1) is 18.2. The highest BCUT2D eigenvalue weighted by Gasteiger charge is 2.29. The fourth-order valence-electron chi connectivity index (χ4n) is 3.39. The number of carbonyl (C=O) groups is 1. The van der Waals surface area contributed by atoms with Gasteiger partial charge in [-0.1, -0.05) is 6.92 Å². The molecule has 2 unspecified atom stereocenters. The highest BCUT2D eigenvalue weighted by atomic mass is 32.1. The second-order valence-corrected chi connectivity index (χ2v) is 7.76. The van der Waals surface area contributed by atoms with E-state index in [2.05, 4.69) is 31.0 Å². The van der Waals surface area contributed by atoms with Gasteiger partial charge in [0.15, 0.2) is 5.11 Å². The van der Waals surface area contributed by atoms with E-state index in [0.717, 1.165) is 34.7 Å². The molecule has 0 amide bonds. The van der Waals surface area contributed by atoms with Crippen LogP contribution < -0.4 is 5.32 Å². The van der Waals surface area contributed by atoms with Crippen LogP contribution in [0.3, 0.4) is 0 Å². The summed E-state index contributed by atoms with van der Waals surface area (Å²) in [7, 11) is 1.42. The number of methoxy groups -OCH3 is 1. The number of hydrogen-bond acceptors (Lipinski definition) is 4. The molecule has 1 fully saturated rings. The smallest absolute Gasteiger partial charge is 0.341 e. The molecule has 2 rings (SSSR count). The number of anilines is 1. The van der Waals surface area contributed by atoms with Crippen molar-refractivity contribution in [1.29, 1.82) is 0 Å². The summed E-state index contributed by atoms with van der Waals surface area (Å²) in [6, 6.07) is 0.846. The minimum absolute atomic E-state index is 0.295. The number of thiophene rings is 1. The van der Waals surface area contributed by atoms with E-state index in [4.69, 9.17) is 17.0 Å². The largest absolute Gasteiger partial charge is 0.465 e. The third-order valence-corrected chi connectivity index (χ3v) is 5.98. The third kappa shape index (κ3) is 3.69. The summed E-state index contributed by atoms with van der Waals surface area (Å²) in [4.78, 5) is 15.6. The van der Waals surface area contributed by atoms with Gasteiger partial charge in [-0.05, 0) is 64.2 Å². The maximum absolute atomic E-state index is 12.2. The molecular formula is C17H26N2O2S2. The number of esters is 1.